The van der Waals surface area contributed by atoms with Crippen molar-refractivity contribution in [3.63, 3.8) is 0 Å². The zero-order valence-corrected chi connectivity index (χ0v) is 22.6. The number of carbonyl (C=O) groups excluding carboxylic acids is 1. The van der Waals surface area contributed by atoms with Crippen LogP contribution in [0.25, 0.3) is 0 Å². The monoisotopic (exact) mass is 640 g/mol. The fourth-order valence-electron chi connectivity index (χ4n) is 5.25. The molecule has 0 aromatic heterocycles. The molecule has 40 heavy (non-hydrogen) atoms. The summed E-state index contributed by atoms with van der Waals surface area (Å²) in [7, 11) is -8.13. The number of nitrogens with zero attached hydrogens (tertiary/aromatic N) is 1. The van der Waals surface area contributed by atoms with E-state index in [4.69, 9.17) is 20.6 Å². The number of halogens is 10. The minimum atomic E-state index is -6.44. The minimum absolute atomic E-state index is 0.0102. The van der Waals surface area contributed by atoms with Crippen LogP contribution in [0.4, 0.5) is 39.5 Å². The van der Waals surface area contributed by atoms with Gasteiger partial charge in [-0.3, -0.25) is 0 Å². The topological polar surface area (TPSA) is 50.8 Å². The van der Waals surface area contributed by atoms with Gasteiger partial charge < -0.3 is 0 Å². The molecule has 0 radical (unpaired) electrons. The molecule has 0 aliphatic carbocycles. The number of carbonyl (C=O) groups is 1. The molecule has 2 saturated heterocycles. The fraction of sp³-hybridized carbons (Fsp3) is 0.435. The molecule has 3 heterocycles. The van der Waals surface area contributed by atoms with Crippen molar-refractivity contribution in [1.29, 1.82) is 0 Å². The summed E-state index contributed by atoms with van der Waals surface area (Å²) in [6.07, 6.45) is -19.7. The van der Waals surface area contributed by atoms with Gasteiger partial charge >= 0.3 is 228 Å². The number of hydrogen-bond donors (Lipinski definition) is 1. The maximum absolute atomic E-state index is 14.8. The summed E-state index contributed by atoms with van der Waals surface area (Å²) < 4.78 is 138. The summed E-state index contributed by atoms with van der Waals surface area (Å²) in [6, 6.07) is 10.1. The van der Waals surface area contributed by atoms with Crippen LogP contribution in [0.15, 0.2) is 48.5 Å². The standard InChI is InChI=1S/C23H20ClF9N2O3P2/c24-10-9-15-11-34-40(37-18(19(38-40)22(28,29)30)21(26,27)23(31,32)33)35(12-13-5-7-14(25)8-6-13)20(36)16-3-1-2-4-17(16)39(15)40/h1-8,15,18-19,34H,9-12H2. The molecular formula is C23H20ClF9N2O3P2. The zero-order valence-electron chi connectivity index (χ0n) is 20.0. The fourth-order valence-corrected chi connectivity index (χ4v) is 19.3. The molecule has 5 nitrogen and oxygen atoms in total. The van der Waals surface area contributed by atoms with Crippen LogP contribution >= 0.6 is 26.3 Å². The van der Waals surface area contributed by atoms with Crippen molar-refractivity contribution in [2.45, 2.75) is 49.1 Å². The predicted molar refractivity (Wildman–Crippen MR) is 130 cm³/mol. The number of alkyl halides is 9. The van der Waals surface area contributed by atoms with E-state index in [1.807, 2.05) is 0 Å². The average Bonchev–Trinajstić information content (AvgIpc) is 3.40. The van der Waals surface area contributed by atoms with Gasteiger partial charge in [0.2, 0.25) is 0 Å². The van der Waals surface area contributed by atoms with Crippen LogP contribution in [0.1, 0.15) is 22.3 Å². The van der Waals surface area contributed by atoms with Gasteiger partial charge in [0.25, 0.3) is 0 Å². The Morgan fingerprint density at radius 1 is 0.975 bits per heavy atom. The van der Waals surface area contributed by atoms with Crippen molar-refractivity contribution < 1.29 is 53.4 Å². The van der Waals surface area contributed by atoms with E-state index in [0.717, 1.165) is 12.1 Å². The van der Waals surface area contributed by atoms with E-state index in [9.17, 15) is 44.3 Å². The molecule has 2 aromatic rings. The number of rotatable bonds is 5. The molecule has 2 fully saturated rings. The number of fused-ring (bicyclic) bond motifs is 2. The molecule has 0 saturated carbocycles. The van der Waals surface area contributed by atoms with Gasteiger partial charge in [-0.15, -0.1) is 0 Å². The zero-order chi connectivity index (χ0) is 29.3. The van der Waals surface area contributed by atoms with Gasteiger partial charge in [0.15, 0.2) is 0 Å². The number of amides is 1. The molecule has 3 aliphatic rings. The SMILES string of the molecule is O=C1c2ccccc2P2C(CCCl)CNP23(OC(C(F)(F)F)C(C(F)(F)C(F)(F)F)O3)N1Cc1ccc(F)cc1. The Morgan fingerprint density at radius 2 is 1.60 bits per heavy atom. The van der Waals surface area contributed by atoms with Gasteiger partial charge in [-0.2, -0.15) is 0 Å². The summed E-state index contributed by atoms with van der Waals surface area (Å²) in [6.45, 7) is -0.855. The average molecular weight is 641 g/mol. The molecule has 1 amide bonds. The number of hydrogen-bond acceptors (Lipinski definition) is 4. The summed E-state index contributed by atoms with van der Waals surface area (Å²) in [5.41, 5.74) is -0.550. The molecular weight excluding hydrogens is 621 g/mol. The number of nitrogens with one attached hydrogen (secondary N) is 1. The molecule has 5 rings (SSSR count). The van der Waals surface area contributed by atoms with Gasteiger partial charge in [-0.25, -0.2) is 0 Å². The van der Waals surface area contributed by atoms with Crippen LogP contribution in [-0.2, 0) is 15.6 Å². The summed E-state index contributed by atoms with van der Waals surface area (Å²) in [5.74, 6) is -7.71. The Kier molecular flexibility index (Phi) is 7.20. The van der Waals surface area contributed by atoms with Crippen molar-refractivity contribution in [2.24, 2.45) is 0 Å². The van der Waals surface area contributed by atoms with E-state index < -0.39 is 69.1 Å². The first-order valence-electron chi connectivity index (χ1n) is 11.7. The summed E-state index contributed by atoms with van der Waals surface area (Å²) in [4.78, 5) is 13.9. The van der Waals surface area contributed by atoms with E-state index in [-0.39, 0.29) is 35.3 Å². The van der Waals surface area contributed by atoms with Crippen LogP contribution in [-0.4, -0.2) is 59.1 Å². The molecule has 220 valence electrons. The Hall–Kier alpha value is -1.69. The van der Waals surface area contributed by atoms with Crippen molar-refractivity contribution in [2.75, 3.05) is 12.4 Å². The van der Waals surface area contributed by atoms with Crippen molar-refractivity contribution in [1.82, 2.24) is 9.76 Å². The molecule has 4 atom stereocenters. The molecule has 1 N–H and O–H groups in total. The number of benzene rings is 2. The molecule has 17 heteroatoms. The quantitative estimate of drug-likeness (QED) is 0.221. The second-order valence-electron chi connectivity index (χ2n) is 9.43. The van der Waals surface area contributed by atoms with E-state index in [1.54, 1.807) is 0 Å². The first kappa shape index (κ1) is 29.8. The molecule has 2 aromatic carbocycles. The second kappa shape index (κ2) is 9.67. The van der Waals surface area contributed by atoms with E-state index in [2.05, 4.69) is 5.09 Å². The van der Waals surface area contributed by atoms with Crippen LogP contribution in [0.3, 0.4) is 0 Å². The Morgan fingerprint density at radius 3 is 2.20 bits per heavy atom. The predicted octanol–water partition coefficient (Wildman–Crippen LogP) is 6.86. The van der Waals surface area contributed by atoms with Crippen molar-refractivity contribution >= 4 is 37.5 Å². The Balaban J connectivity index is 1.80. The Labute approximate surface area is 227 Å². The summed E-state index contributed by atoms with van der Waals surface area (Å²) in [5, 5.41) is 2.82. The summed E-state index contributed by atoms with van der Waals surface area (Å²) >= 11 is 5.96. The van der Waals surface area contributed by atoms with Crippen LogP contribution in [0.2, 0.25) is 0 Å². The van der Waals surface area contributed by atoms with Gasteiger partial charge in [0.05, 0.1) is 0 Å². The molecule has 4 unspecified atom stereocenters. The first-order valence-corrected chi connectivity index (χ1v) is 16.4. The van der Waals surface area contributed by atoms with Crippen molar-refractivity contribution in [3.8, 4) is 0 Å². The second-order valence-corrected chi connectivity index (χ2v) is 18.1. The van der Waals surface area contributed by atoms with E-state index in [0.29, 0.717) is 4.67 Å². The van der Waals surface area contributed by atoms with Crippen LogP contribution < -0.4 is 10.4 Å². The van der Waals surface area contributed by atoms with E-state index in [1.165, 1.54) is 36.4 Å². The normalized spacial score (nSPS) is 28.7. The third-order valence-corrected chi connectivity index (χ3v) is 18.6. The van der Waals surface area contributed by atoms with Gasteiger partial charge in [-0.05, 0) is 0 Å². The van der Waals surface area contributed by atoms with E-state index >= 15 is 0 Å². The van der Waals surface area contributed by atoms with Crippen LogP contribution in [0, 0.1) is 5.82 Å². The third-order valence-electron chi connectivity index (χ3n) is 6.99. The third kappa shape index (κ3) is 4.32. The van der Waals surface area contributed by atoms with Crippen molar-refractivity contribution in [3.05, 3.63) is 65.5 Å². The maximum atomic E-state index is 14.8. The molecule has 0 bridgehead atoms. The van der Waals surface area contributed by atoms with Gasteiger partial charge in [0.1, 0.15) is 0 Å². The molecule has 1 spiro atoms. The first-order chi connectivity index (χ1) is 18.6. The Bertz CT molecular complexity index is 1320. The van der Waals surface area contributed by atoms with Gasteiger partial charge in [-0.1, -0.05) is 0 Å². The van der Waals surface area contributed by atoms with Crippen LogP contribution in [0.5, 0.6) is 0 Å². The van der Waals surface area contributed by atoms with Gasteiger partial charge in [0, 0.05) is 0 Å². The molecule has 3 aliphatic heterocycles.